The molecule has 6 rings (SSSR count). The summed E-state index contributed by atoms with van der Waals surface area (Å²) in [6.07, 6.45) is -5.75. The predicted molar refractivity (Wildman–Crippen MR) is 224 cm³/mol. The summed E-state index contributed by atoms with van der Waals surface area (Å²) in [5, 5.41) is 5.06. The van der Waals surface area contributed by atoms with Gasteiger partial charge in [-0.25, -0.2) is 14.6 Å². The second-order valence-corrected chi connectivity index (χ2v) is 17.8. The number of aliphatic imine (C=N–C) groups is 1. The van der Waals surface area contributed by atoms with Gasteiger partial charge in [-0.05, 0) is 129 Å². The Hall–Kier alpha value is -5.67. The van der Waals surface area contributed by atoms with Crippen LogP contribution < -0.4 is 10.6 Å². The number of amidine groups is 1. The van der Waals surface area contributed by atoms with Crippen molar-refractivity contribution in [1.29, 1.82) is 0 Å². The predicted octanol–water partition coefficient (Wildman–Crippen LogP) is 11.0. The van der Waals surface area contributed by atoms with Crippen LogP contribution in [0.15, 0.2) is 70.4 Å². The van der Waals surface area contributed by atoms with Crippen LogP contribution in [0.4, 0.5) is 32.2 Å². The molecule has 2 aliphatic carbocycles. The maximum atomic E-state index is 14.2. The number of carbonyl (C=O) groups excluding carboxylic acids is 4. The Balaban J connectivity index is 1.42. The molecule has 0 saturated heterocycles. The van der Waals surface area contributed by atoms with Gasteiger partial charge in [0.1, 0.15) is 35.0 Å². The Morgan fingerprint density at radius 2 is 1.13 bits per heavy atom. The summed E-state index contributed by atoms with van der Waals surface area (Å²) in [7, 11) is 0. The van der Waals surface area contributed by atoms with Crippen LogP contribution >= 0.6 is 0 Å². The highest BCUT2D eigenvalue weighted by Gasteiger charge is 2.39. The van der Waals surface area contributed by atoms with Crippen molar-refractivity contribution in [2.75, 3.05) is 5.32 Å². The number of ether oxygens (including phenoxy) is 2. The highest BCUT2D eigenvalue weighted by Crippen LogP contribution is 2.39. The number of hydrogen-bond donors (Lipinski definition) is 3. The first-order valence-electron chi connectivity index (χ1n) is 21.1. The lowest BCUT2D eigenvalue weighted by Crippen LogP contribution is -2.40. The zero-order chi connectivity index (χ0) is 46.3. The number of esters is 2. The fourth-order valence-corrected chi connectivity index (χ4v) is 9.55. The van der Waals surface area contributed by atoms with E-state index in [2.05, 4.69) is 34.5 Å². The maximum Gasteiger partial charge on any atom is 0.416 e. The zero-order valence-corrected chi connectivity index (χ0v) is 36.3. The van der Waals surface area contributed by atoms with Crippen molar-refractivity contribution in [1.82, 2.24) is 10.3 Å². The number of nitrogens with one attached hydrogen (secondary N) is 3. The molecule has 3 N–H and O–H groups in total. The summed E-state index contributed by atoms with van der Waals surface area (Å²) >= 11 is 0. The van der Waals surface area contributed by atoms with Gasteiger partial charge in [-0.2, -0.15) is 26.3 Å². The highest BCUT2D eigenvalue weighted by molar-refractivity contribution is 6.26. The van der Waals surface area contributed by atoms with Gasteiger partial charge in [-0.1, -0.05) is 53.7 Å². The molecule has 3 aromatic rings. The average Bonchev–Trinajstić information content (AvgIpc) is 3.66. The van der Waals surface area contributed by atoms with Crippen molar-refractivity contribution in [3.05, 3.63) is 104 Å². The second-order valence-electron chi connectivity index (χ2n) is 17.8. The Kier molecular flexibility index (Phi) is 13.5. The summed E-state index contributed by atoms with van der Waals surface area (Å²) in [5.74, 6) is -3.19. The summed E-state index contributed by atoms with van der Waals surface area (Å²) in [5.41, 5.74) is -2.29. The summed E-state index contributed by atoms with van der Waals surface area (Å²) in [6, 6.07) is 7.56. The van der Waals surface area contributed by atoms with Crippen molar-refractivity contribution >= 4 is 41.5 Å². The molecular weight excluding hydrogens is 831 g/mol. The minimum atomic E-state index is -4.73. The van der Waals surface area contributed by atoms with Gasteiger partial charge >= 0.3 is 24.3 Å². The summed E-state index contributed by atoms with van der Waals surface area (Å²) in [4.78, 5) is 62.9. The van der Waals surface area contributed by atoms with Crippen LogP contribution in [0.1, 0.15) is 128 Å². The van der Waals surface area contributed by atoms with E-state index in [0.29, 0.717) is 24.0 Å². The lowest BCUT2D eigenvalue weighted by molar-refractivity contribution is -0.152. The Morgan fingerprint density at radius 3 is 1.59 bits per heavy atom. The Labute approximate surface area is 362 Å². The van der Waals surface area contributed by atoms with Crippen LogP contribution in [0, 0.1) is 42.4 Å². The molecule has 0 radical (unpaired) electrons. The van der Waals surface area contributed by atoms with Gasteiger partial charge in [0.05, 0.1) is 16.8 Å². The van der Waals surface area contributed by atoms with Crippen molar-refractivity contribution in [3.63, 3.8) is 0 Å². The SMILES string of the molecule is CC1=C(C(=O)OC2C(C)CC(C)CC2C)C(NC(=O)c2cccc(C(F)(F)F)c2)=NC1=Cc1[nH]c(NC(=O)c2cccc(C(F)(F)F)c2)c(C(=O)OC2C(C)CC(C)CC2C)c1C. The Bertz CT molecular complexity index is 2350. The molecule has 3 aliphatic rings. The lowest BCUT2D eigenvalue weighted by atomic mass is 9.75. The molecule has 2 saturated carbocycles. The number of carbonyl (C=O) groups is 4. The van der Waals surface area contributed by atoms with Crippen molar-refractivity contribution in [2.45, 2.75) is 106 Å². The first-order chi connectivity index (χ1) is 29.4. The van der Waals surface area contributed by atoms with Gasteiger partial charge in [0.25, 0.3) is 11.8 Å². The van der Waals surface area contributed by atoms with E-state index in [1.165, 1.54) is 18.2 Å². The van der Waals surface area contributed by atoms with Crippen LogP contribution in [-0.4, -0.2) is 46.8 Å². The van der Waals surface area contributed by atoms with E-state index in [4.69, 9.17) is 9.47 Å². The van der Waals surface area contributed by atoms with Gasteiger partial charge in [-0.3, -0.25) is 9.59 Å². The third kappa shape index (κ3) is 10.4. The van der Waals surface area contributed by atoms with Crippen molar-refractivity contribution in [2.24, 2.45) is 40.5 Å². The number of halogens is 6. The molecule has 1 aliphatic heterocycles. The van der Waals surface area contributed by atoms with Crippen LogP contribution in [0.25, 0.3) is 6.08 Å². The van der Waals surface area contributed by atoms with E-state index in [1.54, 1.807) is 13.8 Å². The van der Waals surface area contributed by atoms with Gasteiger partial charge < -0.3 is 25.1 Å². The van der Waals surface area contributed by atoms with Gasteiger partial charge in [-0.15, -0.1) is 0 Å². The van der Waals surface area contributed by atoms with Gasteiger partial charge in [0, 0.05) is 16.8 Å². The first-order valence-corrected chi connectivity index (χ1v) is 21.1. The van der Waals surface area contributed by atoms with Gasteiger partial charge in [0.2, 0.25) is 0 Å². The fourth-order valence-electron chi connectivity index (χ4n) is 9.55. The van der Waals surface area contributed by atoms with E-state index in [1.807, 2.05) is 27.7 Å². The quantitative estimate of drug-likeness (QED) is 0.152. The number of allylic oxidation sites excluding steroid dienone is 1. The molecule has 2 fully saturated rings. The molecule has 63 heavy (non-hydrogen) atoms. The monoisotopic (exact) mass is 882 g/mol. The molecule has 0 spiro atoms. The molecule has 4 atom stereocenters. The number of anilines is 1. The molecule has 2 amide bonds. The number of benzene rings is 2. The minimum Gasteiger partial charge on any atom is -0.458 e. The minimum absolute atomic E-state index is 0.00240. The lowest BCUT2D eigenvalue weighted by Gasteiger charge is -2.37. The number of H-pyrrole nitrogens is 1. The van der Waals surface area contributed by atoms with E-state index in [-0.39, 0.29) is 80.1 Å². The zero-order valence-electron chi connectivity index (χ0n) is 36.3. The largest absolute Gasteiger partial charge is 0.458 e. The number of alkyl halides is 6. The average molecular weight is 883 g/mol. The van der Waals surface area contributed by atoms with Crippen molar-refractivity contribution < 1.29 is 55.0 Å². The smallest absolute Gasteiger partial charge is 0.416 e. The molecular formula is C47H52F6N4O6. The van der Waals surface area contributed by atoms with E-state index >= 15 is 0 Å². The third-order valence-electron chi connectivity index (χ3n) is 12.4. The van der Waals surface area contributed by atoms with Crippen LogP contribution in [-0.2, 0) is 26.6 Å². The molecule has 10 nitrogen and oxygen atoms in total. The number of rotatable bonds is 8. The molecule has 1 aromatic heterocycles. The molecule has 16 heteroatoms. The Morgan fingerprint density at radius 1 is 0.683 bits per heavy atom. The number of hydrogen-bond acceptors (Lipinski definition) is 7. The van der Waals surface area contributed by atoms with Crippen LogP contribution in [0.2, 0.25) is 0 Å². The molecule has 4 unspecified atom stereocenters. The van der Waals surface area contributed by atoms with Crippen LogP contribution in [0.5, 0.6) is 0 Å². The maximum absolute atomic E-state index is 14.2. The molecule has 0 bridgehead atoms. The number of nitrogens with zero attached hydrogens (tertiary/aromatic N) is 1. The van der Waals surface area contributed by atoms with E-state index in [0.717, 1.165) is 49.9 Å². The third-order valence-corrected chi connectivity index (χ3v) is 12.4. The van der Waals surface area contributed by atoms with Crippen LogP contribution in [0.3, 0.4) is 0 Å². The normalized spacial score (nSPS) is 26.0. The van der Waals surface area contributed by atoms with Crippen molar-refractivity contribution in [3.8, 4) is 0 Å². The molecule has 2 heterocycles. The second kappa shape index (κ2) is 18.2. The number of amides is 2. The standard InChI is InChI=1S/C47H52F6N4O6/c1-22-15-24(3)38(25(4)16-22)62-44(60)36-28(7)34(54-40(36)56-42(58)30-11-9-13-32(19-30)46(48,49)50)21-35-29(8)37(45(61)63-39-26(5)17-23(2)18-27(39)6)41(55-35)57-43(59)31-12-10-14-33(20-31)47(51,52)53/h9-14,19-27,38-39,54H,15-18H2,1-8H3,(H,56,58)(H,55,57,59). The number of aromatic amines is 1. The van der Waals surface area contributed by atoms with E-state index in [9.17, 15) is 45.5 Å². The summed E-state index contributed by atoms with van der Waals surface area (Å²) in [6.45, 7) is 15.3. The van der Waals surface area contributed by atoms with E-state index < -0.39 is 59.4 Å². The van der Waals surface area contributed by atoms with Gasteiger partial charge in [0.15, 0.2) is 0 Å². The summed E-state index contributed by atoms with van der Waals surface area (Å²) < 4.78 is 93.8. The first kappa shape index (κ1) is 46.8. The fraction of sp³-hybridized carbons (Fsp3) is 0.468. The number of aromatic nitrogens is 1. The highest BCUT2D eigenvalue weighted by atomic mass is 19.4. The molecule has 338 valence electrons. The topological polar surface area (TPSA) is 139 Å². The molecule has 2 aromatic carbocycles.